The molecule has 0 aliphatic carbocycles. The third kappa shape index (κ3) is 1.63. The van der Waals surface area contributed by atoms with Crippen LogP contribution in [0.1, 0.15) is 11.4 Å². The Labute approximate surface area is 60.7 Å². The first-order valence-electron chi connectivity index (χ1n) is 2.90. The number of aliphatic hydroxyl groups excluding tert-OH is 1. The quantitative estimate of drug-likeness (QED) is 0.661. The van der Waals surface area contributed by atoms with Gasteiger partial charge in [-0.05, 0) is 5.56 Å². The summed E-state index contributed by atoms with van der Waals surface area (Å²) in [4.78, 5) is 0. The first-order valence-corrected chi connectivity index (χ1v) is 3.78. The van der Waals surface area contributed by atoms with E-state index in [1.807, 2.05) is 6.07 Å². The highest BCUT2D eigenvalue weighted by Crippen LogP contribution is 2.22. The van der Waals surface area contributed by atoms with E-state index in [1.165, 1.54) is 0 Å². The largest absolute Gasteiger partial charge is 0.376 e. The van der Waals surface area contributed by atoms with Gasteiger partial charge in [0.05, 0.1) is 0 Å². The molecule has 2 nitrogen and oxygen atoms in total. The molecule has 0 aliphatic rings. The second-order valence-electron chi connectivity index (χ2n) is 1.89. The first-order chi connectivity index (χ1) is 4.84. The van der Waals surface area contributed by atoms with Gasteiger partial charge >= 0.3 is 0 Å². The van der Waals surface area contributed by atoms with Gasteiger partial charge < -0.3 is 5.11 Å². The summed E-state index contributed by atoms with van der Waals surface area (Å²) in [5.41, 5.74) is 0.680. The predicted molar refractivity (Wildman–Crippen MR) is 39.0 cm³/mol. The predicted octanol–water partition coefficient (Wildman–Crippen LogP) is 1.97. The monoisotopic (exact) mass is 154 g/mol. The Balaban J connectivity index is 2.84. The molecule has 1 aromatic carbocycles. The molecule has 0 aliphatic heterocycles. The third-order valence-electron chi connectivity index (χ3n) is 1.20. The van der Waals surface area contributed by atoms with Gasteiger partial charge in [-0.3, -0.25) is 4.57 Å². The average Bonchev–Trinajstić information content (AvgIpc) is 2.05. The zero-order valence-electron chi connectivity index (χ0n) is 5.27. The molecule has 1 rings (SSSR count). The van der Waals surface area contributed by atoms with E-state index in [4.69, 9.17) is 5.11 Å². The molecule has 1 aromatic rings. The summed E-state index contributed by atoms with van der Waals surface area (Å²) in [6.45, 7) is 0. The molecule has 0 amide bonds. The molecule has 10 heavy (non-hydrogen) atoms. The van der Waals surface area contributed by atoms with Gasteiger partial charge in [-0.1, -0.05) is 30.3 Å². The van der Waals surface area contributed by atoms with Crippen LogP contribution in [0, 0.1) is 0 Å². The minimum Gasteiger partial charge on any atom is -0.376 e. The highest BCUT2D eigenvalue weighted by molar-refractivity contribution is 7.23. The molecular weight excluding hydrogens is 147 g/mol. The van der Waals surface area contributed by atoms with Crippen LogP contribution < -0.4 is 0 Å². The van der Waals surface area contributed by atoms with Gasteiger partial charge in [-0.2, -0.15) is 0 Å². The molecule has 0 radical (unpaired) electrons. The smallest absolute Gasteiger partial charge is 0.192 e. The minimum atomic E-state index is -0.874. The van der Waals surface area contributed by atoms with Crippen molar-refractivity contribution in [3.63, 3.8) is 0 Å². The lowest BCUT2D eigenvalue weighted by Gasteiger charge is -1.98. The van der Waals surface area contributed by atoms with E-state index in [0.29, 0.717) is 5.56 Å². The number of hydrogen-bond donors (Lipinski definition) is 1. The van der Waals surface area contributed by atoms with Crippen molar-refractivity contribution in [2.45, 2.75) is 5.85 Å². The fraction of sp³-hybridized carbons (Fsp3) is 0.143. The molecule has 0 heterocycles. The van der Waals surface area contributed by atoms with E-state index in [2.05, 4.69) is 0 Å². The zero-order chi connectivity index (χ0) is 7.40. The summed E-state index contributed by atoms with van der Waals surface area (Å²) < 4.78 is 10.2. The molecule has 0 aromatic heterocycles. The summed E-state index contributed by atoms with van der Waals surface area (Å²) in [5.74, 6) is -0.874. The van der Waals surface area contributed by atoms with Crippen molar-refractivity contribution in [1.29, 1.82) is 0 Å². The fourth-order valence-corrected chi connectivity index (χ4v) is 0.980. The maximum Gasteiger partial charge on any atom is 0.192 e. The molecule has 1 N–H and O–H groups in total. The van der Waals surface area contributed by atoms with Gasteiger partial charge in [0.1, 0.15) is 0 Å². The SMILES string of the molecule is O=PC(O)c1ccccc1. The van der Waals surface area contributed by atoms with Crippen molar-refractivity contribution in [2.75, 3.05) is 0 Å². The lowest BCUT2D eigenvalue weighted by Crippen LogP contribution is -1.85. The fourth-order valence-electron chi connectivity index (χ4n) is 0.686. The number of benzene rings is 1. The van der Waals surface area contributed by atoms with Crippen molar-refractivity contribution in [3.8, 4) is 0 Å². The lowest BCUT2D eigenvalue weighted by molar-refractivity contribution is 0.262. The van der Waals surface area contributed by atoms with Gasteiger partial charge in [0.15, 0.2) is 14.3 Å². The molecule has 1 atom stereocenters. The summed E-state index contributed by atoms with van der Waals surface area (Å²) >= 11 is 0. The first kappa shape index (κ1) is 7.39. The maximum absolute atomic E-state index is 10.2. The highest BCUT2D eigenvalue weighted by atomic mass is 31.1. The van der Waals surface area contributed by atoms with Crippen LogP contribution in [0.2, 0.25) is 0 Å². The minimum absolute atomic E-state index is 0.251. The van der Waals surface area contributed by atoms with Crippen molar-refractivity contribution in [3.05, 3.63) is 35.9 Å². The molecule has 0 saturated heterocycles. The third-order valence-corrected chi connectivity index (χ3v) is 1.70. The van der Waals surface area contributed by atoms with Crippen LogP contribution in [0.25, 0.3) is 0 Å². The van der Waals surface area contributed by atoms with Crippen LogP contribution >= 0.6 is 8.46 Å². The maximum atomic E-state index is 10.2. The summed E-state index contributed by atoms with van der Waals surface area (Å²) in [6.07, 6.45) is 0. The Morgan fingerprint density at radius 2 is 1.90 bits per heavy atom. The Morgan fingerprint density at radius 3 is 2.40 bits per heavy atom. The average molecular weight is 154 g/mol. The van der Waals surface area contributed by atoms with E-state index in [0.717, 1.165) is 0 Å². The number of hydrogen-bond acceptors (Lipinski definition) is 2. The van der Waals surface area contributed by atoms with Crippen LogP contribution in [0.5, 0.6) is 0 Å². The second-order valence-corrected chi connectivity index (χ2v) is 2.59. The lowest BCUT2D eigenvalue weighted by atomic mass is 10.2. The Bertz CT molecular complexity index is 210. The van der Waals surface area contributed by atoms with Gasteiger partial charge in [-0.25, -0.2) is 0 Å². The zero-order valence-corrected chi connectivity index (χ0v) is 6.16. The topological polar surface area (TPSA) is 37.3 Å². The standard InChI is InChI=1S/C7H7O2P/c8-7(10-9)6-4-2-1-3-5-6/h1-5,7-8H. The van der Waals surface area contributed by atoms with E-state index in [9.17, 15) is 4.57 Å². The van der Waals surface area contributed by atoms with Crippen molar-refractivity contribution < 1.29 is 9.67 Å². The van der Waals surface area contributed by atoms with E-state index in [1.54, 1.807) is 24.3 Å². The van der Waals surface area contributed by atoms with Crippen LogP contribution in [0.15, 0.2) is 30.3 Å². The molecular formula is C7H7O2P. The molecule has 0 spiro atoms. The highest BCUT2D eigenvalue weighted by Gasteiger charge is 2.03. The molecule has 0 fully saturated rings. The summed E-state index contributed by atoms with van der Waals surface area (Å²) in [6, 6.07) is 8.90. The van der Waals surface area contributed by atoms with Crippen LogP contribution in [0.4, 0.5) is 0 Å². The second kappa shape index (κ2) is 3.45. The van der Waals surface area contributed by atoms with E-state index >= 15 is 0 Å². The van der Waals surface area contributed by atoms with Gasteiger partial charge in [0.2, 0.25) is 0 Å². The summed E-state index contributed by atoms with van der Waals surface area (Å²) in [7, 11) is -0.251. The van der Waals surface area contributed by atoms with Crippen LogP contribution in [-0.4, -0.2) is 5.11 Å². The Hall–Kier alpha value is -0.720. The Kier molecular flexibility index (Phi) is 2.55. The van der Waals surface area contributed by atoms with E-state index in [-0.39, 0.29) is 8.46 Å². The number of rotatable bonds is 2. The van der Waals surface area contributed by atoms with Gasteiger partial charge in [-0.15, -0.1) is 0 Å². The van der Waals surface area contributed by atoms with Gasteiger partial charge in [0, 0.05) is 0 Å². The van der Waals surface area contributed by atoms with E-state index < -0.39 is 5.85 Å². The van der Waals surface area contributed by atoms with Gasteiger partial charge in [0.25, 0.3) is 0 Å². The number of aliphatic hydroxyl groups is 1. The Morgan fingerprint density at radius 1 is 1.30 bits per heavy atom. The van der Waals surface area contributed by atoms with Crippen molar-refractivity contribution in [1.82, 2.24) is 0 Å². The molecule has 0 bridgehead atoms. The van der Waals surface area contributed by atoms with Crippen LogP contribution in [0.3, 0.4) is 0 Å². The molecule has 0 saturated carbocycles. The van der Waals surface area contributed by atoms with Crippen molar-refractivity contribution in [2.24, 2.45) is 0 Å². The molecule has 3 heteroatoms. The summed E-state index contributed by atoms with van der Waals surface area (Å²) in [5, 5.41) is 9.00. The van der Waals surface area contributed by atoms with Crippen molar-refractivity contribution >= 4 is 8.46 Å². The molecule has 1 unspecified atom stereocenters. The van der Waals surface area contributed by atoms with Crippen LogP contribution in [-0.2, 0) is 4.57 Å². The normalized spacial score (nSPS) is 13.3. The molecule has 52 valence electrons.